The van der Waals surface area contributed by atoms with Crippen LogP contribution in [0.15, 0.2) is 6.07 Å². The van der Waals surface area contributed by atoms with E-state index >= 15 is 0 Å². The summed E-state index contributed by atoms with van der Waals surface area (Å²) in [6, 6.07) is 1.63. The molecule has 15 heavy (non-hydrogen) atoms. The Morgan fingerprint density at radius 2 is 2.33 bits per heavy atom. The van der Waals surface area contributed by atoms with Gasteiger partial charge >= 0.3 is 0 Å². The SMILES string of the molecule is Cc1c(N)cc(Cl)c2c1NC(=O)CCO2. The molecule has 0 aliphatic carbocycles. The van der Waals surface area contributed by atoms with E-state index in [4.69, 9.17) is 22.1 Å². The Kier molecular flexibility index (Phi) is 2.44. The fourth-order valence-electron chi connectivity index (χ4n) is 1.48. The average Bonchev–Trinajstić information content (AvgIpc) is 2.37. The molecule has 1 aliphatic heterocycles. The van der Waals surface area contributed by atoms with Gasteiger partial charge in [-0.1, -0.05) is 11.6 Å². The quantitative estimate of drug-likeness (QED) is 0.665. The Morgan fingerprint density at radius 1 is 1.60 bits per heavy atom. The fourth-order valence-corrected chi connectivity index (χ4v) is 1.75. The van der Waals surface area contributed by atoms with E-state index in [0.29, 0.717) is 35.2 Å². The molecule has 0 spiro atoms. The summed E-state index contributed by atoms with van der Waals surface area (Å²) in [5.74, 6) is 0.424. The van der Waals surface area contributed by atoms with Gasteiger partial charge in [-0.2, -0.15) is 0 Å². The maximum Gasteiger partial charge on any atom is 0.227 e. The van der Waals surface area contributed by atoms with Crippen LogP contribution < -0.4 is 15.8 Å². The Bertz CT molecular complexity index is 432. The van der Waals surface area contributed by atoms with E-state index in [0.717, 1.165) is 5.56 Å². The smallest absolute Gasteiger partial charge is 0.227 e. The van der Waals surface area contributed by atoms with Crippen LogP contribution in [0.4, 0.5) is 11.4 Å². The maximum atomic E-state index is 11.3. The summed E-state index contributed by atoms with van der Waals surface area (Å²) < 4.78 is 5.41. The molecule has 0 saturated carbocycles. The zero-order chi connectivity index (χ0) is 11.0. The molecule has 0 aromatic heterocycles. The van der Waals surface area contributed by atoms with Crippen molar-refractivity contribution >= 4 is 28.9 Å². The molecule has 1 heterocycles. The number of hydrogen-bond donors (Lipinski definition) is 2. The van der Waals surface area contributed by atoms with Crippen molar-refractivity contribution < 1.29 is 9.53 Å². The first kappa shape index (κ1) is 10.1. The van der Waals surface area contributed by atoms with Crippen LogP contribution in [0.1, 0.15) is 12.0 Å². The van der Waals surface area contributed by atoms with E-state index in [2.05, 4.69) is 5.32 Å². The second-order valence-corrected chi connectivity index (χ2v) is 3.83. The zero-order valence-electron chi connectivity index (χ0n) is 8.26. The van der Waals surface area contributed by atoms with Crippen molar-refractivity contribution in [3.05, 3.63) is 16.7 Å². The standard InChI is InChI=1S/C10H11ClN2O2/c1-5-7(12)4-6(11)10-9(5)13-8(14)2-3-15-10/h4H,2-3,12H2,1H3,(H,13,14). The minimum atomic E-state index is -0.0847. The van der Waals surface area contributed by atoms with E-state index in [1.54, 1.807) is 6.07 Å². The molecule has 1 aliphatic rings. The lowest BCUT2D eigenvalue weighted by Gasteiger charge is -2.13. The molecular formula is C10H11ClN2O2. The van der Waals surface area contributed by atoms with Gasteiger partial charge in [0, 0.05) is 5.69 Å². The molecule has 5 heteroatoms. The van der Waals surface area contributed by atoms with E-state index < -0.39 is 0 Å². The lowest BCUT2D eigenvalue weighted by molar-refractivity contribution is -0.116. The zero-order valence-corrected chi connectivity index (χ0v) is 9.02. The van der Waals surface area contributed by atoms with Gasteiger partial charge in [0.05, 0.1) is 23.7 Å². The minimum Gasteiger partial charge on any atom is -0.489 e. The van der Waals surface area contributed by atoms with Gasteiger partial charge in [-0.05, 0) is 18.6 Å². The van der Waals surface area contributed by atoms with Crippen LogP contribution in [-0.2, 0) is 4.79 Å². The lowest BCUT2D eigenvalue weighted by Crippen LogP contribution is -2.11. The Hall–Kier alpha value is -1.42. The topological polar surface area (TPSA) is 64.3 Å². The molecule has 0 fully saturated rings. The van der Waals surface area contributed by atoms with Gasteiger partial charge in [-0.25, -0.2) is 0 Å². The number of nitrogen functional groups attached to an aromatic ring is 1. The van der Waals surface area contributed by atoms with Crippen molar-refractivity contribution in [1.29, 1.82) is 0 Å². The van der Waals surface area contributed by atoms with E-state index in [9.17, 15) is 4.79 Å². The first-order valence-electron chi connectivity index (χ1n) is 4.61. The second kappa shape index (κ2) is 3.62. The van der Waals surface area contributed by atoms with Gasteiger partial charge in [-0.15, -0.1) is 0 Å². The van der Waals surface area contributed by atoms with Crippen molar-refractivity contribution in [3.63, 3.8) is 0 Å². The Labute approximate surface area is 92.4 Å². The molecule has 3 N–H and O–H groups in total. The molecule has 0 atom stereocenters. The molecule has 2 rings (SSSR count). The number of carbonyl (C=O) groups is 1. The average molecular weight is 227 g/mol. The van der Waals surface area contributed by atoms with Crippen molar-refractivity contribution in [2.24, 2.45) is 0 Å². The van der Waals surface area contributed by atoms with Gasteiger partial charge in [0.1, 0.15) is 0 Å². The van der Waals surface area contributed by atoms with E-state index in [1.807, 2.05) is 6.92 Å². The molecule has 80 valence electrons. The van der Waals surface area contributed by atoms with Crippen LogP contribution in [0.5, 0.6) is 5.75 Å². The number of ether oxygens (including phenoxy) is 1. The van der Waals surface area contributed by atoms with Gasteiger partial charge < -0.3 is 15.8 Å². The van der Waals surface area contributed by atoms with Crippen molar-refractivity contribution in [3.8, 4) is 5.75 Å². The molecule has 0 unspecified atom stereocenters. The highest BCUT2D eigenvalue weighted by atomic mass is 35.5. The van der Waals surface area contributed by atoms with Crippen LogP contribution in [0.3, 0.4) is 0 Å². The Balaban J connectivity index is 2.60. The summed E-state index contributed by atoms with van der Waals surface area (Å²) in [5, 5.41) is 3.17. The van der Waals surface area contributed by atoms with Crippen LogP contribution in [0, 0.1) is 6.92 Å². The third kappa shape index (κ3) is 1.72. The third-order valence-corrected chi connectivity index (χ3v) is 2.65. The molecule has 1 aromatic carbocycles. The number of fused-ring (bicyclic) bond motifs is 1. The number of nitrogens with one attached hydrogen (secondary N) is 1. The predicted molar refractivity (Wildman–Crippen MR) is 59.3 cm³/mol. The highest BCUT2D eigenvalue weighted by Crippen LogP contribution is 2.40. The molecule has 0 saturated heterocycles. The number of amides is 1. The number of benzene rings is 1. The van der Waals surface area contributed by atoms with Gasteiger partial charge in [-0.3, -0.25) is 4.79 Å². The normalized spacial score (nSPS) is 14.9. The summed E-state index contributed by atoms with van der Waals surface area (Å²) in [4.78, 5) is 11.3. The molecule has 0 bridgehead atoms. The largest absolute Gasteiger partial charge is 0.489 e. The monoisotopic (exact) mass is 226 g/mol. The van der Waals surface area contributed by atoms with E-state index in [-0.39, 0.29) is 5.91 Å². The second-order valence-electron chi connectivity index (χ2n) is 3.42. The van der Waals surface area contributed by atoms with Crippen LogP contribution in [0.2, 0.25) is 5.02 Å². The fraction of sp³-hybridized carbons (Fsp3) is 0.300. The van der Waals surface area contributed by atoms with Crippen LogP contribution >= 0.6 is 11.6 Å². The van der Waals surface area contributed by atoms with Gasteiger partial charge in [0.2, 0.25) is 5.91 Å². The summed E-state index contributed by atoms with van der Waals surface area (Å²) >= 11 is 5.98. The predicted octanol–water partition coefficient (Wildman–Crippen LogP) is 1.95. The number of rotatable bonds is 0. The number of nitrogens with two attached hydrogens (primary N) is 1. The van der Waals surface area contributed by atoms with Crippen LogP contribution in [-0.4, -0.2) is 12.5 Å². The molecule has 1 amide bonds. The molecule has 4 nitrogen and oxygen atoms in total. The maximum absolute atomic E-state index is 11.3. The number of halogens is 1. The van der Waals surface area contributed by atoms with Crippen molar-refractivity contribution in [2.45, 2.75) is 13.3 Å². The third-order valence-electron chi connectivity index (χ3n) is 2.37. The number of anilines is 2. The number of hydrogen-bond acceptors (Lipinski definition) is 3. The van der Waals surface area contributed by atoms with Gasteiger partial charge in [0.25, 0.3) is 0 Å². The molecule has 0 radical (unpaired) electrons. The van der Waals surface area contributed by atoms with Crippen molar-refractivity contribution in [1.82, 2.24) is 0 Å². The van der Waals surface area contributed by atoms with Gasteiger partial charge in [0.15, 0.2) is 5.75 Å². The number of carbonyl (C=O) groups excluding carboxylic acids is 1. The molecular weight excluding hydrogens is 216 g/mol. The molecule has 1 aromatic rings. The summed E-state index contributed by atoms with van der Waals surface area (Å²) in [6.07, 6.45) is 0.324. The van der Waals surface area contributed by atoms with Crippen molar-refractivity contribution in [2.75, 3.05) is 17.7 Å². The lowest BCUT2D eigenvalue weighted by atomic mass is 10.1. The Morgan fingerprint density at radius 3 is 3.07 bits per heavy atom. The first-order valence-corrected chi connectivity index (χ1v) is 4.98. The van der Waals surface area contributed by atoms with E-state index in [1.165, 1.54) is 0 Å². The highest BCUT2D eigenvalue weighted by Gasteiger charge is 2.20. The summed E-state index contributed by atoms with van der Waals surface area (Å²) in [6.45, 7) is 2.15. The summed E-state index contributed by atoms with van der Waals surface area (Å²) in [5.41, 5.74) is 7.66. The van der Waals surface area contributed by atoms with Crippen LogP contribution in [0.25, 0.3) is 0 Å². The highest BCUT2D eigenvalue weighted by molar-refractivity contribution is 6.33. The summed E-state index contributed by atoms with van der Waals surface area (Å²) in [7, 11) is 0. The first-order chi connectivity index (χ1) is 7.09. The minimum absolute atomic E-state index is 0.0847.